The van der Waals surface area contributed by atoms with Crippen LogP contribution in [0.3, 0.4) is 0 Å². The van der Waals surface area contributed by atoms with E-state index in [0.29, 0.717) is 11.3 Å². The van der Waals surface area contributed by atoms with E-state index in [1.807, 2.05) is 13.0 Å². The minimum Gasteiger partial charge on any atom is -0.471 e. The Kier molecular flexibility index (Phi) is 7.59. The molecule has 0 fully saturated rings. The maximum atomic E-state index is 13.5. The van der Waals surface area contributed by atoms with Gasteiger partial charge in [-0.1, -0.05) is 48.0 Å². The largest absolute Gasteiger partial charge is 0.471 e. The Bertz CT molecular complexity index is 1550. The van der Waals surface area contributed by atoms with E-state index in [0.717, 1.165) is 21.9 Å². The van der Waals surface area contributed by atoms with Crippen molar-refractivity contribution in [2.75, 3.05) is 5.32 Å². The molecule has 3 aromatic carbocycles. The first-order valence-electron chi connectivity index (χ1n) is 12.0. The van der Waals surface area contributed by atoms with E-state index in [1.54, 1.807) is 55.7 Å². The van der Waals surface area contributed by atoms with E-state index in [4.69, 9.17) is 49.7 Å². The Morgan fingerprint density at radius 2 is 1.51 bits per heavy atom. The molecular weight excluding hydrogens is 480 g/mol. The number of amides is 1. The number of aromatic nitrogens is 1. The van der Waals surface area contributed by atoms with E-state index >= 15 is 0 Å². The number of nitrogens with one attached hydrogen (secondary N) is 1. The van der Waals surface area contributed by atoms with E-state index < -0.39 is 27.9 Å². The van der Waals surface area contributed by atoms with Crippen LogP contribution in [0.1, 0.15) is 32.6 Å². The van der Waals surface area contributed by atoms with Gasteiger partial charge in [0.2, 0.25) is 5.91 Å². The maximum Gasteiger partial charge on any atom is 0.337 e. The van der Waals surface area contributed by atoms with Gasteiger partial charge in [-0.3, -0.25) is 9.78 Å². The summed E-state index contributed by atoms with van der Waals surface area (Å²) >= 11 is 0. The van der Waals surface area contributed by atoms with Gasteiger partial charge in [-0.2, -0.15) is 0 Å². The zero-order valence-electron chi connectivity index (χ0n) is 21.6. The molecule has 0 aliphatic rings. The smallest absolute Gasteiger partial charge is 0.337 e. The molecule has 0 aliphatic carbocycles. The van der Waals surface area contributed by atoms with E-state index in [-0.39, 0.29) is 11.1 Å². The van der Waals surface area contributed by atoms with Crippen LogP contribution in [0, 0.1) is 13.8 Å². The van der Waals surface area contributed by atoms with Crippen LogP contribution in [-0.2, 0) is 20.2 Å². The van der Waals surface area contributed by atoms with Crippen molar-refractivity contribution in [2.45, 2.75) is 29.9 Å². The molecule has 3 N–H and O–H groups in total. The van der Waals surface area contributed by atoms with E-state index in [9.17, 15) is 9.59 Å². The molecule has 1 atom stereocenters. The van der Waals surface area contributed by atoms with Gasteiger partial charge < -0.3 is 15.8 Å². The lowest BCUT2D eigenvalue weighted by Gasteiger charge is -2.43. The highest BCUT2D eigenvalue weighted by atomic mass is 16.5. The second-order valence-corrected chi connectivity index (χ2v) is 9.71. The molecule has 182 valence electrons. The van der Waals surface area contributed by atoms with Gasteiger partial charge >= 0.3 is 5.97 Å². The van der Waals surface area contributed by atoms with Gasteiger partial charge in [-0.15, -0.1) is 0 Å². The first-order valence-corrected chi connectivity index (χ1v) is 12.0. The van der Waals surface area contributed by atoms with Crippen molar-refractivity contribution in [1.29, 1.82) is 0 Å². The first kappa shape index (κ1) is 28.3. The maximum absolute atomic E-state index is 13.5. The van der Waals surface area contributed by atoms with Crippen molar-refractivity contribution < 1.29 is 14.3 Å². The molecule has 10 radical (unpaired) electrons. The second kappa shape index (κ2) is 10.5. The van der Waals surface area contributed by atoms with Crippen LogP contribution in [-0.4, -0.2) is 61.4 Å². The van der Waals surface area contributed by atoms with Crippen molar-refractivity contribution in [3.63, 3.8) is 0 Å². The van der Waals surface area contributed by atoms with Crippen molar-refractivity contribution in [3.8, 4) is 0 Å². The van der Waals surface area contributed by atoms with Crippen molar-refractivity contribution in [1.82, 2.24) is 4.98 Å². The van der Waals surface area contributed by atoms with Crippen LogP contribution >= 0.6 is 0 Å². The van der Waals surface area contributed by atoms with Crippen LogP contribution in [0.2, 0.25) is 0 Å². The minimum atomic E-state index is -2.17. The number of carbonyl (C=O) groups is 2. The number of fused-ring (bicyclic) bond motifs is 1. The third kappa shape index (κ3) is 5.69. The molecule has 1 unspecified atom stereocenters. The number of hydrogen-bond donors (Lipinski definition) is 2. The third-order valence-corrected chi connectivity index (χ3v) is 6.59. The summed E-state index contributed by atoms with van der Waals surface area (Å²) in [5, 5.41) is -1.76. The summed E-state index contributed by atoms with van der Waals surface area (Å²) in [5.74, 6) is -1.44. The second-order valence-electron chi connectivity index (χ2n) is 9.71. The molecule has 0 saturated carbocycles. The summed E-state index contributed by atoms with van der Waals surface area (Å²) in [6.07, 6.45) is 3.34. The predicted molar refractivity (Wildman–Crippen MR) is 157 cm³/mol. The average molecular weight is 503 g/mol. The van der Waals surface area contributed by atoms with Crippen molar-refractivity contribution >= 4 is 67.6 Å². The lowest BCUT2D eigenvalue weighted by Crippen LogP contribution is -2.65. The fourth-order valence-corrected chi connectivity index (χ4v) is 4.27. The number of nitrogens with zero attached hydrogens (tertiary/aromatic N) is 1. The first-order chi connectivity index (χ1) is 18.2. The van der Waals surface area contributed by atoms with Crippen LogP contribution < -0.4 is 11.1 Å². The van der Waals surface area contributed by atoms with Crippen LogP contribution in [0.5, 0.6) is 0 Å². The third-order valence-electron chi connectivity index (χ3n) is 6.59. The number of benzene rings is 3. The highest BCUT2D eigenvalue weighted by Gasteiger charge is 2.44. The highest BCUT2D eigenvalue weighted by molar-refractivity contribution is 6.50. The lowest BCUT2D eigenvalue weighted by atomic mass is 9.39. The molecule has 0 bridgehead atoms. The number of pyridine rings is 1. The summed E-state index contributed by atoms with van der Waals surface area (Å²) in [4.78, 5) is 30.3. The van der Waals surface area contributed by atoms with Gasteiger partial charge in [0.05, 0.1) is 34.5 Å². The molecule has 0 aliphatic heterocycles. The van der Waals surface area contributed by atoms with Gasteiger partial charge in [0.1, 0.15) is 15.7 Å². The number of carbonyl (C=O) groups excluding carboxylic acids is 2. The molecule has 6 nitrogen and oxygen atoms in total. The Labute approximate surface area is 234 Å². The van der Waals surface area contributed by atoms with Gasteiger partial charge in [0, 0.05) is 28.8 Å². The molecule has 1 heterocycles. The van der Waals surface area contributed by atoms with E-state index in [2.05, 4.69) is 10.3 Å². The summed E-state index contributed by atoms with van der Waals surface area (Å²) < 4.78 is 5.41. The van der Waals surface area contributed by atoms with Crippen LogP contribution in [0.4, 0.5) is 5.69 Å². The molecule has 4 aromatic rings. The number of aryl methyl sites for hydroxylation is 2. The quantitative estimate of drug-likeness (QED) is 0.298. The van der Waals surface area contributed by atoms with Gasteiger partial charge in [-0.25, -0.2) is 4.79 Å². The Balaban J connectivity index is 1.59. The molecule has 39 heavy (non-hydrogen) atoms. The number of rotatable bonds is 7. The fraction of sp³-hybridized carbons (Fsp3) is 0.179. The molecule has 1 aromatic heterocycles. The van der Waals surface area contributed by atoms with Crippen LogP contribution in [0.25, 0.3) is 10.8 Å². The number of ether oxygens (including phenoxy) is 1. The normalized spacial score (nSPS) is 13.4. The SMILES string of the molecule is [B]C([B])(OC(=O)c1ccc(C)cc1C)c1ccc(C([B])(C(=O)Nc2ccc3cnccc3c2)C([B])([B])N)cc1. The Morgan fingerprint density at radius 1 is 0.846 bits per heavy atom. The van der Waals surface area contributed by atoms with Gasteiger partial charge in [-0.05, 0) is 65.5 Å². The minimum absolute atomic E-state index is 0.178. The van der Waals surface area contributed by atoms with Crippen LogP contribution in [0.15, 0.2) is 79.1 Å². The number of anilines is 1. The molecule has 0 spiro atoms. The highest BCUT2D eigenvalue weighted by Crippen LogP contribution is 2.32. The molecule has 1 amide bonds. The molecule has 4 rings (SSSR count). The Morgan fingerprint density at radius 3 is 2.15 bits per heavy atom. The fourth-order valence-electron chi connectivity index (χ4n) is 4.27. The molecular formula is C28H22B5N3O3. The van der Waals surface area contributed by atoms with Gasteiger partial charge in [0.15, 0.2) is 0 Å². The standard InChI is InChI=1S/C28H22B5N3O3/c1-16-3-10-23(17(2)13-16)24(37)39-27(30,31)21-7-5-20(6-8-21)26(29,28(32,33)34)25(38)36-22-9-4-19-15-35-12-11-18(19)14-22/h3-15H,34H2,1-2H3,(H,36,38). The average Bonchev–Trinajstić information content (AvgIpc) is 2.87. The summed E-state index contributed by atoms with van der Waals surface area (Å²) in [7, 11) is 30.8. The summed E-state index contributed by atoms with van der Waals surface area (Å²) in [6.45, 7) is 3.70. The zero-order valence-corrected chi connectivity index (χ0v) is 21.6. The predicted octanol–water partition coefficient (Wildman–Crippen LogP) is 2.11. The molecule has 11 heteroatoms. The number of nitrogens with two attached hydrogens (primary N) is 1. The van der Waals surface area contributed by atoms with Crippen molar-refractivity contribution in [3.05, 3.63) is 107 Å². The monoisotopic (exact) mass is 503 g/mol. The van der Waals surface area contributed by atoms with Crippen molar-refractivity contribution in [2.24, 2.45) is 5.73 Å². The summed E-state index contributed by atoms with van der Waals surface area (Å²) in [5.41, 5.74) is 8.92. The zero-order chi connectivity index (χ0) is 28.6. The van der Waals surface area contributed by atoms with Gasteiger partial charge in [0.25, 0.3) is 0 Å². The number of hydrogen-bond acceptors (Lipinski definition) is 5. The molecule has 0 saturated heterocycles. The topological polar surface area (TPSA) is 94.3 Å². The summed E-state index contributed by atoms with van der Waals surface area (Å²) in [6, 6.07) is 18.1. The number of esters is 1. The van der Waals surface area contributed by atoms with E-state index in [1.165, 1.54) is 24.3 Å². The lowest BCUT2D eigenvalue weighted by molar-refractivity contribution is -0.119. The Hall–Kier alpha value is -3.71.